The predicted molar refractivity (Wildman–Crippen MR) is 49.5 cm³/mol. The van der Waals surface area contributed by atoms with Gasteiger partial charge in [-0.15, -0.1) is 0 Å². The summed E-state index contributed by atoms with van der Waals surface area (Å²) in [5, 5.41) is 8.17. The Morgan fingerprint density at radius 1 is 1.57 bits per heavy atom. The van der Waals surface area contributed by atoms with E-state index in [0.717, 1.165) is 17.7 Å². The second-order valence-corrected chi connectivity index (χ2v) is 3.82. The number of nitrogens with one attached hydrogen (secondary N) is 1. The molecule has 0 aromatic carbocycles. The number of hydrogen-bond donors (Lipinski definition) is 1. The van der Waals surface area contributed by atoms with Crippen LogP contribution in [0.2, 0.25) is 0 Å². The Hall–Kier alpha value is -1.65. The average Bonchev–Trinajstić information content (AvgIpc) is 2.85. The molecule has 2 atom stereocenters. The fourth-order valence-electron chi connectivity index (χ4n) is 1.90. The number of rotatable bonds is 1. The van der Waals surface area contributed by atoms with Crippen LogP contribution >= 0.6 is 0 Å². The van der Waals surface area contributed by atoms with Gasteiger partial charge < -0.3 is 0 Å². The predicted octanol–water partition coefficient (Wildman–Crippen LogP) is -0.110. The van der Waals surface area contributed by atoms with Gasteiger partial charge in [0.2, 0.25) is 5.91 Å². The number of aryl methyl sites for hydroxylation is 1. The molecular formula is C9H10N4O. The highest BCUT2D eigenvalue weighted by atomic mass is 16.2. The molecule has 5 nitrogen and oxygen atoms in total. The first-order valence-corrected chi connectivity index (χ1v) is 4.62. The van der Waals surface area contributed by atoms with Gasteiger partial charge in [-0.3, -0.25) is 9.48 Å². The molecule has 5 heteroatoms. The standard InChI is InChI=1S/C9H10N4O/c1-13-4-5(3-10-13)8-6-2-7(6)9(14)12-11-8/h3-4,6-7H,2H2,1H3,(H,12,14)/t6-,7+/m1/s1. The summed E-state index contributed by atoms with van der Waals surface area (Å²) in [6, 6.07) is 0. The van der Waals surface area contributed by atoms with E-state index in [1.165, 1.54) is 0 Å². The van der Waals surface area contributed by atoms with Crippen molar-refractivity contribution in [2.45, 2.75) is 6.42 Å². The summed E-state index contributed by atoms with van der Waals surface area (Å²) < 4.78 is 1.74. The first-order chi connectivity index (χ1) is 6.75. The molecule has 0 radical (unpaired) electrons. The molecule has 1 amide bonds. The Balaban J connectivity index is 1.97. The summed E-state index contributed by atoms with van der Waals surface area (Å²) in [5.41, 5.74) is 4.53. The summed E-state index contributed by atoms with van der Waals surface area (Å²) in [4.78, 5) is 11.2. The van der Waals surface area contributed by atoms with Crippen molar-refractivity contribution in [3.8, 4) is 0 Å². The number of aromatic nitrogens is 2. The molecule has 1 saturated carbocycles. The second-order valence-electron chi connectivity index (χ2n) is 3.82. The van der Waals surface area contributed by atoms with Crippen molar-refractivity contribution in [3.05, 3.63) is 18.0 Å². The second kappa shape index (κ2) is 2.43. The third-order valence-electron chi connectivity index (χ3n) is 2.77. The first-order valence-electron chi connectivity index (χ1n) is 4.62. The van der Waals surface area contributed by atoms with Gasteiger partial charge in [-0.2, -0.15) is 10.2 Å². The minimum atomic E-state index is 0.0580. The minimum Gasteiger partial charge on any atom is -0.275 e. The van der Waals surface area contributed by atoms with Gasteiger partial charge in [-0.05, 0) is 6.42 Å². The van der Waals surface area contributed by atoms with Crippen LogP contribution in [0.4, 0.5) is 0 Å². The molecule has 0 bridgehead atoms. The number of carbonyl (C=O) groups is 1. The van der Waals surface area contributed by atoms with Crippen LogP contribution in [0.15, 0.2) is 17.5 Å². The number of amides is 1. The van der Waals surface area contributed by atoms with E-state index in [9.17, 15) is 4.79 Å². The zero-order valence-electron chi connectivity index (χ0n) is 7.77. The molecule has 1 fully saturated rings. The Morgan fingerprint density at radius 3 is 3.14 bits per heavy atom. The van der Waals surface area contributed by atoms with Crippen molar-refractivity contribution < 1.29 is 4.79 Å². The molecule has 0 spiro atoms. The number of hydrazone groups is 1. The van der Waals surface area contributed by atoms with E-state index < -0.39 is 0 Å². The zero-order valence-corrected chi connectivity index (χ0v) is 7.77. The third kappa shape index (κ3) is 0.982. The van der Waals surface area contributed by atoms with Crippen LogP contribution in [0.3, 0.4) is 0 Å². The lowest BCUT2D eigenvalue weighted by Crippen LogP contribution is -2.28. The number of carbonyl (C=O) groups excluding carboxylic acids is 1. The van der Waals surface area contributed by atoms with Crippen LogP contribution in [-0.4, -0.2) is 21.4 Å². The van der Waals surface area contributed by atoms with Crippen LogP contribution in [0.1, 0.15) is 12.0 Å². The fourth-order valence-corrected chi connectivity index (χ4v) is 1.90. The Labute approximate surface area is 80.8 Å². The van der Waals surface area contributed by atoms with Crippen LogP contribution in [0.5, 0.6) is 0 Å². The highest BCUT2D eigenvalue weighted by Gasteiger charge is 2.49. The van der Waals surface area contributed by atoms with Gasteiger partial charge in [0.25, 0.3) is 0 Å². The number of hydrogen-bond acceptors (Lipinski definition) is 3. The molecule has 1 aromatic rings. The van der Waals surface area contributed by atoms with Crippen molar-refractivity contribution in [1.82, 2.24) is 15.2 Å². The van der Waals surface area contributed by atoms with Gasteiger partial charge in [-0.25, -0.2) is 5.43 Å². The lowest BCUT2D eigenvalue weighted by Gasteiger charge is -2.09. The Bertz CT molecular complexity index is 434. The van der Waals surface area contributed by atoms with Crippen LogP contribution in [-0.2, 0) is 11.8 Å². The summed E-state index contributed by atoms with van der Waals surface area (Å²) in [6.45, 7) is 0. The highest BCUT2D eigenvalue weighted by molar-refractivity contribution is 6.09. The zero-order chi connectivity index (χ0) is 9.71. The van der Waals surface area contributed by atoms with Crippen LogP contribution < -0.4 is 5.43 Å². The molecule has 14 heavy (non-hydrogen) atoms. The molecule has 1 aliphatic heterocycles. The van der Waals surface area contributed by atoms with E-state index >= 15 is 0 Å². The Kier molecular flexibility index (Phi) is 1.34. The van der Waals surface area contributed by atoms with E-state index in [1.54, 1.807) is 10.9 Å². The van der Waals surface area contributed by atoms with Gasteiger partial charge >= 0.3 is 0 Å². The van der Waals surface area contributed by atoms with E-state index in [2.05, 4.69) is 15.6 Å². The van der Waals surface area contributed by atoms with Gasteiger partial charge in [0.1, 0.15) is 0 Å². The van der Waals surface area contributed by atoms with Gasteiger partial charge in [0.05, 0.1) is 11.9 Å². The van der Waals surface area contributed by atoms with E-state index in [4.69, 9.17) is 0 Å². The monoisotopic (exact) mass is 190 g/mol. The number of nitrogens with zero attached hydrogens (tertiary/aromatic N) is 3. The van der Waals surface area contributed by atoms with Crippen LogP contribution in [0, 0.1) is 11.8 Å². The first kappa shape index (κ1) is 7.73. The van der Waals surface area contributed by atoms with E-state index in [-0.39, 0.29) is 11.8 Å². The minimum absolute atomic E-state index is 0.0580. The maximum atomic E-state index is 11.2. The molecule has 2 heterocycles. The molecule has 1 aromatic heterocycles. The molecule has 2 aliphatic rings. The quantitative estimate of drug-likeness (QED) is 0.671. The van der Waals surface area contributed by atoms with Gasteiger partial charge in [0, 0.05) is 30.6 Å². The fraction of sp³-hybridized carbons (Fsp3) is 0.444. The summed E-state index contributed by atoms with van der Waals surface area (Å²) in [7, 11) is 1.87. The summed E-state index contributed by atoms with van der Waals surface area (Å²) in [6.07, 6.45) is 4.64. The van der Waals surface area contributed by atoms with E-state index in [0.29, 0.717) is 5.92 Å². The molecule has 1 N–H and O–H groups in total. The maximum absolute atomic E-state index is 11.2. The molecule has 0 unspecified atom stereocenters. The summed E-state index contributed by atoms with van der Waals surface area (Å²) in [5.74, 6) is 0.540. The van der Waals surface area contributed by atoms with Crippen molar-refractivity contribution in [2.75, 3.05) is 0 Å². The average molecular weight is 190 g/mol. The SMILES string of the molecule is Cn1cc(C2=NNC(=O)[C@H]3C[C@@H]23)cn1. The third-order valence-corrected chi connectivity index (χ3v) is 2.77. The van der Waals surface area contributed by atoms with Gasteiger partial charge in [0.15, 0.2) is 0 Å². The molecule has 72 valence electrons. The largest absolute Gasteiger partial charge is 0.275 e. The lowest BCUT2D eigenvalue weighted by atomic mass is 10.1. The molecule has 0 saturated heterocycles. The van der Waals surface area contributed by atoms with Crippen molar-refractivity contribution in [2.24, 2.45) is 24.0 Å². The Morgan fingerprint density at radius 2 is 2.43 bits per heavy atom. The lowest BCUT2D eigenvalue weighted by molar-refractivity contribution is -0.122. The molecular weight excluding hydrogens is 180 g/mol. The smallest absolute Gasteiger partial charge is 0.243 e. The number of fused-ring (bicyclic) bond motifs is 1. The molecule has 3 rings (SSSR count). The maximum Gasteiger partial charge on any atom is 0.243 e. The van der Waals surface area contributed by atoms with Crippen molar-refractivity contribution >= 4 is 11.6 Å². The van der Waals surface area contributed by atoms with Crippen molar-refractivity contribution in [1.29, 1.82) is 0 Å². The topological polar surface area (TPSA) is 59.3 Å². The van der Waals surface area contributed by atoms with Crippen molar-refractivity contribution in [3.63, 3.8) is 0 Å². The van der Waals surface area contributed by atoms with Crippen LogP contribution in [0.25, 0.3) is 0 Å². The summed E-state index contributed by atoms with van der Waals surface area (Å²) >= 11 is 0. The van der Waals surface area contributed by atoms with Gasteiger partial charge in [-0.1, -0.05) is 0 Å². The highest BCUT2D eigenvalue weighted by Crippen LogP contribution is 2.43. The van der Waals surface area contributed by atoms with E-state index in [1.807, 2.05) is 13.2 Å². The molecule has 1 aliphatic carbocycles. The normalized spacial score (nSPS) is 29.2.